The summed E-state index contributed by atoms with van der Waals surface area (Å²) in [5.74, 6) is -3.22. The van der Waals surface area contributed by atoms with Crippen LogP contribution in [0.2, 0.25) is 0 Å². The molecule has 1 amide bonds. The van der Waals surface area contributed by atoms with Crippen molar-refractivity contribution in [2.45, 2.75) is 13.8 Å². The second kappa shape index (κ2) is 6.31. The first-order valence-corrected chi connectivity index (χ1v) is 6.79. The first kappa shape index (κ1) is 16.2. The third-order valence-electron chi connectivity index (χ3n) is 3.37. The highest BCUT2D eigenvalue weighted by Gasteiger charge is 2.19. The average molecular weight is 313 g/mol. The Bertz CT molecular complexity index is 811. The predicted molar refractivity (Wildman–Crippen MR) is 84.2 cm³/mol. The summed E-state index contributed by atoms with van der Waals surface area (Å²) in [5.41, 5.74) is 1.81. The maximum atomic E-state index is 12.3. The number of benzene rings is 2. The first-order chi connectivity index (χ1) is 10.8. The first-order valence-electron chi connectivity index (χ1n) is 6.79. The van der Waals surface area contributed by atoms with Gasteiger partial charge in [0.2, 0.25) is 0 Å². The van der Waals surface area contributed by atoms with Crippen molar-refractivity contribution in [3.05, 3.63) is 64.2 Å². The Labute approximate surface area is 132 Å². The molecule has 0 unspecified atom stereocenters. The fourth-order valence-corrected chi connectivity index (χ4v) is 2.20. The number of aryl methyl sites for hydroxylation is 2. The molecule has 0 heterocycles. The van der Waals surface area contributed by atoms with Gasteiger partial charge in [-0.15, -0.1) is 0 Å². The number of aromatic carboxylic acids is 2. The topological polar surface area (TPSA) is 104 Å². The third-order valence-corrected chi connectivity index (χ3v) is 3.37. The predicted octanol–water partition coefficient (Wildman–Crippen LogP) is 2.95. The number of carbonyl (C=O) groups excluding carboxylic acids is 1. The van der Waals surface area contributed by atoms with E-state index < -0.39 is 17.8 Å². The molecule has 0 radical (unpaired) electrons. The molecule has 2 rings (SSSR count). The van der Waals surface area contributed by atoms with Crippen LogP contribution in [0.15, 0.2) is 36.4 Å². The lowest BCUT2D eigenvalue weighted by Gasteiger charge is -2.11. The molecule has 6 heteroatoms. The summed E-state index contributed by atoms with van der Waals surface area (Å²) >= 11 is 0. The Hall–Kier alpha value is -3.15. The molecule has 6 nitrogen and oxygen atoms in total. The zero-order valence-electron chi connectivity index (χ0n) is 12.6. The van der Waals surface area contributed by atoms with E-state index in [1.165, 1.54) is 12.1 Å². The van der Waals surface area contributed by atoms with E-state index in [0.29, 0.717) is 5.69 Å². The Balaban J connectivity index is 2.38. The molecule has 2 aromatic rings. The number of carboxylic acid groups (broad SMARTS) is 2. The van der Waals surface area contributed by atoms with Crippen LogP contribution in [0.3, 0.4) is 0 Å². The molecular formula is C17H15NO5. The Kier molecular flexibility index (Phi) is 4.45. The minimum atomic E-state index is -1.36. The van der Waals surface area contributed by atoms with Gasteiger partial charge in [0.15, 0.2) is 0 Å². The van der Waals surface area contributed by atoms with Crippen LogP contribution in [0.1, 0.15) is 42.2 Å². The highest BCUT2D eigenvalue weighted by Crippen LogP contribution is 2.19. The van der Waals surface area contributed by atoms with Gasteiger partial charge >= 0.3 is 11.9 Å². The van der Waals surface area contributed by atoms with Gasteiger partial charge in [0.05, 0.1) is 16.7 Å². The lowest BCUT2D eigenvalue weighted by molar-refractivity contribution is 0.0692. The van der Waals surface area contributed by atoms with Crippen LogP contribution in [0.25, 0.3) is 0 Å². The summed E-state index contributed by atoms with van der Waals surface area (Å²) in [6.07, 6.45) is 0. The number of amides is 1. The highest BCUT2D eigenvalue weighted by molar-refractivity contribution is 6.11. The zero-order valence-corrected chi connectivity index (χ0v) is 12.6. The molecule has 0 saturated carbocycles. The maximum Gasteiger partial charge on any atom is 0.336 e. The SMILES string of the molecule is Cc1ccc(NC(=O)c2ccc(C(=O)O)cc2C(=O)O)c(C)c1. The van der Waals surface area contributed by atoms with Crippen LogP contribution in [0, 0.1) is 13.8 Å². The van der Waals surface area contributed by atoms with E-state index in [1.807, 2.05) is 26.0 Å². The van der Waals surface area contributed by atoms with Crippen LogP contribution in [0.4, 0.5) is 5.69 Å². The standard InChI is InChI=1S/C17H15NO5/c1-9-3-6-14(10(2)7-9)18-15(19)12-5-4-11(16(20)21)8-13(12)17(22)23/h3-8H,1-2H3,(H,18,19)(H,20,21)(H,22,23). The zero-order chi connectivity index (χ0) is 17.1. The quantitative estimate of drug-likeness (QED) is 0.805. The Morgan fingerprint density at radius 3 is 2.13 bits per heavy atom. The van der Waals surface area contributed by atoms with Crippen molar-refractivity contribution >= 4 is 23.5 Å². The second-order valence-corrected chi connectivity index (χ2v) is 5.14. The van der Waals surface area contributed by atoms with Crippen molar-refractivity contribution < 1.29 is 24.6 Å². The molecule has 118 valence electrons. The Morgan fingerprint density at radius 1 is 0.870 bits per heavy atom. The summed E-state index contributed by atoms with van der Waals surface area (Å²) in [6, 6.07) is 8.82. The number of carbonyl (C=O) groups is 3. The number of hydrogen-bond acceptors (Lipinski definition) is 3. The lowest BCUT2D eigenvalue weighted by atomic mass is 10.0. The van der Waals surface area contributed by atoms with Crippen molar-refractivity contribution in [1.82, 2.24) is 0 Å². The number of rotatable bonds is 4. The second-order valence-electron chi connectivity index (χ2n) is 5.14. The summed E-state index contributed by atoms with van der Waals surface area (Å²) in [5, 5.41) is 20.8. The van der Waals surface area contributed by atoms with Gasteiger partial charge < -0.3 is 15.5 Å². The highest BCUT2D eigenvalue weighted by atomic mass is 16.4. The van der Waals surface area contributed by atoms with Crippen molar-refractivity contribution in [2.75, 3.05) is 5.32 Å². The number of nitrogens with one attached hydrogen (secondary N) is 1. The van der Waals surface area contributed by atoms with Gasteiger partial charge in [0, 0.05) is 5.69 Å². The van der Waals surface area contributed by atoms with Gasteiger partial charge in [-0.2, -0.15) is 0 Å². The largest absolute Gasteiger partial charge is 0.478 e. The fraction of sp³-hybridized carbons (Fsp3) is 0.118. The van der Waals surface area contributed by atoms with E-state index >= 15 is 0 Å². The van der Waals surface area contributed by atoms with Gasteiger partial charge in [-0.3, -0.25) is 4.79 Å². The summed E-state index contributed by atoms with van der Waals surface area (Å²) in [6.45, 7) is 3.75. The van der Waals surface area contributed by atoms with Gasteiger partial charge in [-0.05, 0) is 43.7 Å². The van der Waals surface area contributed by atoms with Gasteiger partial charge in [-0.25, -0.2) is 9.59 Å². The molecule has 0 aliphatic rings. The fourth-order valence-electron chi connectivity index (χ4n) is 2.20. The normalized spacial score (nSPS) is 10.2. The van der Waals surface area contributed by atoms with Crippen LogP contribution in [0.5, 0.6) is 0 Å². The molecule has 0 aromatic heterocycles. The molecular weight excluding hydrogens is 298 g/mol. The summed E-state index contributed by atoms with van der Waals surface area (Å²) in [4.78, 5) is 34.6. The van der Waals surface area contributed by atoms with E-state index in [9.17, 15) is 19.5 Å². The van der Waals surface area contributed by atoms with E-state index in [0.717, 1.165) is 17.2 Å². The smallest absolute Gasteiger partial charge is 0.336 e. The molecule has 0 aliphatic heterocycles. The Morgan fingerprint density at radius 2 is 1.57 bits per heavy atom. The molecule has 0 bridgehead atoms. The van der Waals surface area contributed by atoms with Crippen LogP contribution >= 0.6 is 0 Å². The van der Waals surface area contributed by atoms with Crippen LogP contribution < -0.4 is 5.32 Å². The van der Waals surface area contributed by atoms with Gasteiger partial charge in [0.25, 0.3) is 5.91 Å². The van der Waals surface area contributed by atoms with E-state index in [-0.39, 0.29) is 16.7 Å². The molecule has 0 spiro atoms. The lowest BCUT2D eigenvalue weighted by Crippen LogP contribution is -2.18. The molecule has 0 saturated heterocycles. The molecule has 0 fully saturated rings. The minimum absolute atomic E-state index is 0.0949. The van der Waals surface area contributed by atoms with Crippen molar-refractivity contribution in [1.29, 1.82) is 0 Å². The summed E-state index contributed by atoms with van der Waals surface area (Å²) < 4.78 is 0. The van der Waals surface area contributed by atoms with Crippen LogP contribution in [-0.2, 0) is 0 Å². The van der Waals surface area contributed by atoms with E-state index in [1.54, 1.807) is 6.07 Å². The molecule has 23 heavy (non-hydrogen) atoms. The average Bonchev–Trinajstić information content (AvgIpc) is 2.49. The monoisotopic (exact) mass is 313 g/mol. The molecule has 3 N–H and O–H groups in total. The molecule has 0 aliphatic carbocycles. The third kappa shape index (κ3) is 3.55. The number of carboxylic acids is 2. The minimum Gasteiger partial charge on any atom is -0.478 e. The summed E-state index contributed by atoms with van der Waals surface area (Å²) in [7, 11) is 0. The van der Waals surface area contributed by atoms with Gasteiger partial charge in [0.1, 0.15) is 0 Å². The van der Waals surface area contributed by atoms with Crippen molar-refractivity contribution in [3.63, 3.8) is 0 Å². The maximum absolute atomic E-state index is 12.3. The van der Waals surface area contributed by atoms with E-state index in [4.69, 9.17) is 5.11 Å². The number of anilines is 1. The molecule has 0 atom stereocenters. The van der Waals surface area contributed by atoms with Gasteiger partial charge in [-0.1, -0.05) is 17.7 Å². The van der Waals surface area contributed by atoms with Crippen molar-refractivity contribution in [2.24, 2.45) is 0 Å². The number of hydrogen-bond donors (Lipinski definition) is 3. The van der Waals surface area contributed by atoms with E-state index in [2.05, 4.69) is 5.32 Å². The van der Waals surface area contributed by atoms with Crippen molar-refractivity contribution in [3.8, 4) is 0 Å². The molecule has 2 aromatic carbocycles. The van der Waals surface area contributed by atoms with Crippen LogP contribution in [-0.4, -0.2) is 28.1 Å².